The minimum Gasteiger partial charge on any atom is -0.390 e. The average molecular weight is 731 g/mol. The first-order valence-electron chi connectivity index (χ1n) is 21.4. The summed E-state index contributed by atoms with van der Waals surface area (Å²) in [6.45, 7) is 27.5. The van der Waals surface area contributed by atoms with Gasteiger partial charge >= 0.3 is 0 Å². The van der Waals surface area contributed by atoms with Crippen molar-refractivity contribution >= 4 is 0 Å². The van der Waals surface area contributed by atoms with Crippen molar-refractivity contribution in [3.63, 3.8) is 0 Å². The summed E-state index contributed by atoms with van der Waals surface area (Å²) >= 11 is 0. The Morgan fingerprint density at radius 2 is 1.62 bits per heavy atom. The monoisotopic (exact) mass is 731 g/mol. The summed E-state index contributed by atoms with van der Waals surface area (Å²) < 4.78 is 26.4. The second-order valence-corrected chi connectivity index (χ2v) is 21.7. The zero-order chi connectivity index (χ0) is 37.4. The van der Waals surface area contributed by atoms with Crippen molar-refractivity contribution in [1.29, 1.82) is 0 Å². The van der Waals surface area contributed by atoms with Crippen molar-refractivity contribution in [2.24, 2.45) is 50.7 Å². The predicted molar refractivity (Wildman–Crippen MR) is 201 cm³/mol. The van der Waals surface area contributed by atoms with Crippen molar-refractivity contribution in [2.75, 3.05) is 45.9 Å². The molecule has 3 aliphatic heterocycles. The highest BCUT2D eigenvalue weighted by molar-refractivity contribution is 5.33. The molecule has 3 heterocycles. The van der Waals surface area contributed by atoms with Crippen LogP contribution in [0, 0.1) is 50.7 Å². The summed E-state index contributed by atoms with van der Waals surface area (Å²) in [4.78, 5) is 4.92. The molecule has 8 aliphatic rings. The molecule has 5 saturated carbocycles. The van der Waals surface area contributed by atoms with Gasteiger partial charge in [-0.05, 0) is 131 Å². The van der Waals surface area contributed by atoms with Crippen molar-refractivity contribution in [2.45, 2.75) is 175 Å². The maximum Gasteiger partial charge on any atom is 0.170 e. The number of hydrogen-bond acceptors (Lipinski definition) is 9. The zero-order valence-corrected chi connectivity index (χ0v) is 34.3. The molecular weight excluding hydrogens is 656 g/mol. The van der Waals surface area contributed by atoms with E-state index in [1.165, 1.54) is 32.1 Å². The first kappa shape index (κ1) is 38.5. The summed E-state index contributed by atoms with van der Waals surface area (Å²) in [5, 5.41) is 34.0. The highest BCUT2D eigenvalue weighted by Crippen LogP contribution is 2.89. The van der Waals surface area contributed by atoms with Gasteiger partial charge in [0.15, 0.2) is 6.29 Å². The summed E-state index contributed by atoms with van der Waals surface area (Å²) in [6, 6.07) is 0.515. The van der Waals surface area contributed by atoms with E-state index in [0.29, 0.717) is 53.8 Å². The van der Waals surface area contributed by atoms with Crippen LogP contribution >= 0.6 is 0 Å². The number of ether oxygens (including phenoxy) is 4. The number of β-amino-alcohol motifs (C(OH)–C–C–N with tert-alkyl or cyclic N) is 1. The molecule has 9 nitrogen and oxygen atoms in total. The maximum absolute atomic E-state index is 12.7. The Bertz CT molecular complexity index is 1340. The Balaban J connectivity index is 0.967. The minimum absolute atomic E-state index is 0.00956. The first-order valence-corrected chi connectivity index (χ1v) is 21.4. The molecule has 0 aromatic carbocycles. The Kier molecular flexibility index (Phi) is 9.31. The van der Waals surface area contributed by atoms with Crippen molar-refractivity contribution in [3.05, 3.63) is 0 Å². The molecule has 0 aromatic heterocycles. The van der Waals surface area contributed by atoms with Gasteiger partial charge in [0.2, 0.25) is 0 Å². The molecule has 298 valence electrons. The van der Waals surface area contributed by atoms with E-state index in [2.05, 4.69) is 44.4 Å². The Hall–Kier alpha value is -0.360. The number of aliphatic hydroxyl groups is 3. The number of hydrogen-bond donors (Lipinski definition) is 3. The number of morpholine rings is 1. The van der Waals surface area contributed by atoms with Crippen LogP contribution in [0.3, 0.4) is 0 Å². The van der Waals surface area contributed by atoms with Crippen LogP contribution in [-0.4, -0.2) is 125 Å². The summed E-state index contributed by atoms with van der Waals surface area (Å²) in [5.74, 6) is 1.79. The lowest BCUT2D eigenvalue weighted by Crippen LogP contribution is -2.64. The molecule has 5 aliphatic carbocycles. The van der Waals surface area contributed by atoms with Gasteiger partial charge < -0.3 is 34.3 Å². The molecule has 2 spiro atoms. The van der Waals surface area contributed by atoms with Crippen LogP contribution < -0.4 is 0 Å². The van der Waals surface area contributed by atoms with Gasteiger partial charge in [-0.3, -0.25) is 9.80 Å². The van der Waals surface area contributed by atoms with Crippen LogP contribution in [-0.2, 0) is 18.9 Å². The quantitative estimate of drug-likeness (QED) is 0.285. The lowest BCUT2D eigenvalue weighted by atomic mass is 9.41. The Morgan fingerprint density at radius 3 is 2.29 bits per heavy atom. The second kappa shape index (κ2) is 12.6. The molecule has 8 rings (SSSR count). The van der Waals surface area contributed by atoms with Crippen LogP contribution in [0.2, 0.25) is 0 Å². The molecule has 9 heteroatoms. The lowest BCUT2D eigenvalue weighted by Gasteiger charge is -2.64. The average Bonchev–Trinajstić information content (AvgIpc) is 3.66. The first-order chi connectivity index (χ1) is 24.2. The molecular formula is C43H74N2O7. The second-order valence-electron chi connectivity index (χ2n) is 21.7. The summed E-state index contributed by atoms with van der Waals surface area (Å²) in [7, 11) is 0. The highest BCUT2D eigenvalue weighted by Gasteiger charge is 2.84. The van der Waals surface area contributed by atoms with E-state index in [9.17, 15) is 15.3 Å². The minimum atomic E-state index is -1.02. The maximum atomic E-state index is 12.7. The topological polar surface area (TPSA) is 104 Å². The van der Waals surface area contributed by atoms with Gasteiger partial charge in [0.25, 0.3) is 0 Å². The molecule has 52 heavy (non-hydrogen) atoms. The van der Waals surface area contributed by atoms with Crippen LogP contribution in [0.1, 0.15) is 121 Å². The third kappa shape index (κ3) is 5.54. The molecule has 0 amide bonds. The normalized spacial score (nSPS) is 49.9. The molecule has 0 aromatic rings. The van der Waals surface area contributed by atoms with Crippen LogP contribution in [0.15, 0.2) is 0 Å². The standard InChI is InChI=1S/C43H74N2O7/c1-11-49-36(39(7,8)48)28-20-26(2)33-34(51-28)35(46)41(10)30-13-12-29-38(5,6)31(14-15-42(29)24-43(30,42)17-16-40(33,41)9)52-32-23-45(18-19-50-32)27-21-44(22-27)25-37(3,4)47/h26-36,46-48H,11-25H2,1-10H3/t26-,28?,29+,30?,31+,32+,33+,34?,35+,36+,40-,41-,42-,43+/m1/s1. The van der Waals surface area contributed by atoms with Crippen LogP contribution in [0.5, 0.6) is 0 Å². The molecule has 0 radical (unpaired) electrons. The molecule has 3 unspecified atom stereocenters. The summed E-state index contributed by atoms with van der Waals surface area (Å²) in [6.07, 6.45) is 7.87. The van der Waals surface area contributed by atoms with Gasteiger partial charge in [0.1, 0.15) is 6.10 Å². The molecule has 8 fully saturated rings. The van der Waals surface area contributed by atoms with Crippen molar-refractivity contribution < 1.29 is 34.3 Å². The van der Waals surface area contributed by atoms with Crippen LogP contribution in [0.4, 0.5) is 0 Å². The molecule has 14 atom stereocenters. The lowest BCUT2D eigenvalue weighted by molar-refractivity contribution is -0.253. The van der Waals surface area contributed by atoms with Gasteiger partial charge in [-0.25, -0.2) is 0 Å². The fourth-order valence-corrected chi connectivity index (χ4v) is 15.4. The molecule has 0 bridgehead atoms. The van der Waals surface area contributed by atoms with E-state index in [1.807, 2.05) is 34.6 Å². The Morgan fingerprint density at radius 1 is 0.923 bits per heavy atom. The van der Waals surface area contributed by atoms with Crippen molar-refractivity contribution in [3.8, 4) is 0 Å². The fourth-order valence-electron chi connectivity index (χ4n) is 15.4. The fraction of sp³-hybridized carbons (Fsp3) is 1.00. The van der Waals surface area contributed by atoms with E-state index in [-0.39, 0.29) is 40.8 Å². The van der Waals surface area contributed by atoms with Gasteiger partial charge in [-0.1, -0.05) is 34.6 Å². The SMILES string of the molecule is CCO[C@@H](C1C[C@@H](C)[C@H]2C(O1)[C@H](O)[C@@]1(C)C3CC[C@H]4C(C)(C)[C@@H](O[C@H]5CN(C6CN(CC(C)(C)O)C6)CCO5)CC[C@@]45C[C@@]35CC[C@]21C)C(C)(C)O. The smallest absolute Gasteiger partial charge is 0.170 e. The number of fused-ring (bicyclic) bond motifs is 4. The molecule has 3 N–H and O–H groups in total. The number of rotatable bonds is 9. The largest absolute Gasteiger partial charge is 0.390 e. The van der Waals surface area contributed by atoms with Crippen LogP contribution in [0.25, 0.3) is 0 Å². The van der Waals surface area contributed by atoms with E-state index in [4.69, 9.17) is 18.9 Å². The zero-order valence-electron chi connectivity index (χ0n) is 34.3. The Labute approximate surface area is 314 Å². The van der Waals surface area contributed by atoms with Gasteiger partial charge in [0, 0.05) is 50.8 Å². The predicted octanol–water partition coefficient (Wildman–Crippen LogP) is 5.47. The van der Waals surface area contributed by atoms with E-state index < -0.39 is 23.4 Å². The third-order valence-corrected chi connectivity index (χ3v) is 17.6. The third-order valence-electron chi connectivity index (χ3n) is 17.6. The van der Waals surface area contributed by atoms with E-state index in [0.717, 1.165) is 52.0 Å². The van der Waals surface area contributed by atoms with E-state index >= 15 is 0 Å². The van der Waals surface area contributed by atoms with Gasteiger partial charge in [-0.2, -0.15) is 0 Å². The van der Waals surface area contributed by atoms with Crippen molar-refractivity contribution in [1.82, 2.24) is 9.80 Å². The van der Waals surface area contributed by atoms with Gasteiger partial charge in [-0.15, -0.1) is 0 Å². The van der Waals surface area contributed by atoms with Gasteiger partial charge in [0.05, 0.1) is 42.2 Å². The number of aliphatic hydroxyl groups excluding tert-OH is 1. The van der Waals surface area contributed by atoms with E-state index in [1.54, 1.807) is 0 Å². The summed E-state index contributed by atoms with van der Waals surface area (Å²) in [5.41, 5.74) is -1.19. The highest BCUT2D eigenvalue weighted by atomic mass is 16.7. The number of nitrogens with zero attached hydrogens (tertiary/aromatic N) is 2. The molecule has 3 saturated heterocycles. The number of likely N-dealkylation sites (tertiary alicyclic amines) is 1.